The van der Waals surface area contributed by atoms with Crippen molar-refractivity contribution in [3.05, 3.63) is 58.3 Å². The minimum Gasteiger partial charge on any atom is -0.356 e. The quantitative estimate of drug-likeness (QED) is 0.232. The van der Waals surface area contributed by atoms with Crippen LogP contribution in [-0.4, -0.2) is 38.5 Å². The molecule has 1 aromatic heterocycles. The third kappa shape index (κ3) is 7.74. The SMILES string of the molecule is CN=C(NCCCNC(=O)c1cccs1)NCC(C)c1ccccc1.I. The van der Waals surface area contributed by atoms with Crippen LogP contribution in [0.3, 0.4) is 0 Å². The highest BCUT2D eigenvalue weighted by Gasteiger charge is 2.07. The second kappa shape index (κ2) is 12.7. The van der Waals surface area contributed by atoms with E-state index in [-0.39, 0.29) is 29.9 Å². The van der Waals surface area contributed by atoms with Gasteiger partial charge in [0.25, 0.3) is 5.91 Å². The molecule has 0 saturated heterocycles. The highest BCUT2D eigenvalue weighted by Crippen LogP contribution is 2.12. The number of carbonyl (C=O) groups excluding carboxylic acids is 1. The predicted molar refractivity (Wildman–Crippen MR) is 121 cm³/mol. The van der Waals surface area contributed by atoms with Gasteiger partial charge in [-0.2, -0.15) is 0 Å². The number of rotatable bonds is 8. The number of aliphatic imine (C=N–C) groups is 1. The summed E-state index contributed by atoms with van der Waals surface area (Å²) in [7, 11) is 1.76. The maximum Gasteiger partial charge on any atom is 0.261 e. The van der Waals surface area contributed by atoms with E-state index in [9.17, 15) is 4.79 Å². The first-order valence-corrected chi connectivity index (χ1v) is 9.40. The molecule has 26 heavy (non-hydrogen) atoms. The normalized spacial score (nSPS) is 12.0. The Kier molecular flexibility index (Phi) is 11.0. The van der Waals surface area contributed by atoms with Crippen LogP contribution >= 0.6 is 35.3 Å². The molecule has 2 aromatic rings. The molecule has 0 aliphatic rings. The fraction of sp³-hybridized carbons (Fsp3) is 0.368. The maximum absolute atomic E-state index is 11.8. The molecule has 2 rings (SSSR count). The second-order valence-corrected chi connectivity index (χ2v) is 6.73. The van der Waals surface area contributed by atoms with E-state index >= 15 is 0 Å². The Labute approximate surface area is 176 Å². The number of thiophene rings is 1. The summed E-state index contributed by atoms with van der Waals surface area (Å²) in [5, 5.41) is 11.4. The Hall–Kier alpha value is -1.61. The zero-order valence-corrected chi connectivity index (χ0v) is 18.3. The van der Waals surface area contributed by atoms with Crippen LogP contribution in [-0.2, 0) is 0 Å². The summed E-state index contributed by atoms with van der Waals surface area (Å²) in [5.74, 6) is 1.19. The number of amides is 1. The summed E-state index contributed by atoms with van der Waals surface area (Å²) in [6, 6.07) is 14.1. The van der Waals surface area contributed by atoms with E-state index in [4.69, 9.17) is 0 Å². The van der Waals surface area contributed by atoms with Gasteiger partial charge in [-0.15, -0.1) is 35.3 Å². The molecule has 1 unspecified atom stereocenters. The minimum absolute atomic E-state index is 0. The lowest BCUT2D eigenvalue weighted by Crippen LogP contribution is -2.40. The molecule has 1 amide bonds. The van der Waals surface area contributed by atoms with Crippen molar-refractivity contribution < 1.29 is 4.79 Å². The van der Waals surface area contributed by atoms with Crippen molar-refractivity contribution in [3.8, 4) is 0 Å². The van der Waals surface area contributed by atoms with Crippen molar-refractivity contribution in [1.29, 1.82) is 0 Å². The molecule has 0 spiro atoms. The van der Waals surface area contributed by atoms with E-state index < -0.39 is 0 Å². The zero-order valence-electron chi connectivity index (χ0n) is 15.2. The third-order valence-electron chi connectivity index (χ3n) is 3.84. The fourth-order valence-corrected chi connectivity index (χ4v) is 3.00. The number of benzene rings is 1. The first-order chi connectivity index (χ1) is 12.2. The molecule has 0 radical (unpaired) electrons. The summed E-state index contributed by atoms with van der Waals surface area (Å²) in [5.41, 5.74) is 1.31. The van der Waals surface area contributed by atoms with Gasteiger partial charge in [-0.05, 0) is 29.3 Å². The van der Waals surface area contributed by atoms with Gasteiger partial charge < -0.3 is 16.0 Å². The monoisotopic (exact) mass is 486 g/mol. The second-order valence-electron chi connectivity index (χ2n) is 5.78. The zero-order chi connectivity index (χ0) is 17.9. The van der Waals surface area contributed by atoms with Gasteiger partial charge in [0.1, 0.15) is 0 Å². The van der Waals surface area contributed by atoms with Crippen LogP contribution in [0.5, 0.6) is 0 Å². The average Bonchev–Trinajstić information content (AvgIpc) is 3.19. The van der Waals surface area contributed by atoms with Gasteiger partial charge in [0, 0.05) is 26.7 Å². The summed E-state index contributed by atoms with van der Waals surface area (Å²) in [6.45, 7) is 4.40. The van der Waals surface area contributed by atoms with Crippen molar-refractivity contribution in [3.63, 3.8) is 0 Å². The molecule has 142 valence electrons. The Morgan fingerprint density at radius 2 is 1.81 bits per heavy atom. The van der Waals surface area contributed by atoms with Crippen LogP contribution in [0.4, 0.5) is 0 Å². The highest BCUT2D eigenvalue weighted by atomic mass is 127. The molecule has 0 saturated carbocycles. The number of hydrogen-bond acceptors (Lipinski definition) is 3. The Morgan fingerprint density at radius 3 is 2.46 bits per heavy atom. The predicted octanol–water partition coefficient (Wildman–Crippen LogP) is 3.45. The molecule has 0 aliphatic heterocycles. The Morgan fingerprint density at radius 1 is 1.08 bits per heavy atom. The van der Waals surface area contributed by atoms with Crippen LogP contribution in [0.1, 0.15) is 34.5 Å². The number of nitrogens with one attached hydrogen (secondary N) is 3. The van der Waals surface area contributed by atoms with Gasteiger partial charge in [0.05, 0.1) is 4.88 Å². The van der Waals surface area contributed by atoms with E-state index in [1.54, 1.807) is 7.05 Å². The van der Waals surface area contributed by atoms with E-state index in [1.165, 1.54) is 16.9 Å². The molecular formula is C19H27IN4OS. The topological polar surface area (TPSA) is 65.5 Å². The summed E-state index contributed by atoms with van der Waals surface area (Å²) in [4.78, 5) is 16.8. The molecule has 0 aliphatic carbocycles. The van der Waals surface area contributed by atoms with E-state index in [0.29, 0.717) is 12.5 Å². The van der Waals surface area contributed by atoms with Gasteiger partial charge >= 0.3 is 0 Å². The van der Waals surface area contributed by atoms with Gasteiger partial charge in [-0.25, -0.2) is 0 Å². The molecular weight excluding hydrogens is 459 g/mol. The Bertz CT molecular complexity index is 661. The van der Waals surface area contributed by atoms with Crippen molar-refractivity contribution in [2.24, 2.45) is 4.99 Å². The first-order valence-electron chi connectivity index (χ1n) is 8.52. The van der Waals surface area contributed by atoms with Gasteiger partial charge in [0.2, 0.25) is 0 Å². The molecule has 5 nitrogen and oxygen atoms in total. The summed E-state index contributed by atoms with van der Waals surface area (Å²) >= 11 is 1.45. The Balaban J connectivity index is 0.00000338. The smallest absolute Gasteiger partial charge is 0.261 e. The summed E-state index contributed by atoms with van der Waals surface area (Å²) in [6.07, 6.45) is 0.839. The molecule has 1 heterocycles. The van der Waals surface area contributed by atoms with Crippen LogP contribution in [0.2, 0.25) is 0 Å². The van der Waals surface area contributed by atoms with Crippen LogP contribution < -0.4 is 16.0 Å². The van der Waals surface area contributed by atoms with Gasteiger partial charge in [0.15, 0.2) is 5.96 Å². The molecule has 1 atom stereocenters. The van der Waals surface area contributed by atoms with Crippen LogP contribution in [0, 0.1) is 0 Å². The maximum atomic E-state index is 11.8. The van der Waals surface area contributed by atoms with Crippen LogP contribution in [0.25, 0.3) is 0 Å². The average molecular weight is 486 g/mol. The number of carbonyl (C=O) groups is 1. The van der Waals surface area contributed by atoms with Crippen molar-refractivity contribution in [2.45, 2.75) is 19.3 Å². The fourth-order valence-electron chi connectivity index (χ4n) is 2.36. The number of halogens is 1. The molecule has 1 aromatic carbocycles. The van der Waals surface area contributed by atoms with E-state index in [1.807, 2.05) is 23.6 Å². The molecule has 0 fully saturated rings. The molecule has 7 heteroatoms. The van der Waals surface area contributed by atoms with Crippen molar-refractivity contribution >= 4 is 47.2 Å². The largest absolute Gasteiger partial charge is 0.356 e. The minimum atomic E-state index is -0.00538. The lowest BCUT2D eigenvalue weighted by atomic mass is 10.0. The first kappa shape index (κ1) is 22.4. The standard InChI is InChI=1S/C19H26N4OS.HI/c1-15(16-8-4-3-5-9-16)14-23-19(20-2)22-12-7-11-21-18(24)17-10-6-13-25-17;/h3-6,8-10,13,15H,7,11-12,14H2,1-2H3,(H,21,24)(H2,20,22,23);1H. The number of hydrogen-bond donors (Lipinski definition) is 3. The lowest BCUT2D eigenvalue weighted by molar-refractivity contribution is 0.0957. The lowest BCUT2D eigenvalue weighted by Gasteiger charge is -2.16. The summed E-state index contributed by atoms with van der Waals surface area (Å²) < 4.78 is 0. The van der Waals surface area contributed by atoms with Gasteiger partial charge in [-0.1, -0.05) is 43.3 Å². The highest BCUT2D eigenvalue weighted by molar-refractivity contribution is 14.0. The van der Waals surface area contributed by atoms with Crippen molar-refractivity contribution in [1.82, 2.24) is 16.0 Å². The van der Waals surface area contributed by atoms with E-state index in [2.05, 4.69) is 52.1 Å². The third-order valence-corrected chi connectivity index (χ3v) is 4.71. The number of nitrogens with zero attached hydrogens (tertiary/aromatic N) is 1. The van der Waals surface area contributed by atoms with Gasteiger partial charge in [-0.3, -0.25) is 9.79 Å². The molecule has 3 N–H and O–H groups in total. The van der Waals surface area contributed by atoms with Crippen molar-refractivity contribution in [2.75, 3.05) is 26.7 Å². The van der Waals surface area contributed by atoms with Crippen LogP contribution in [0.15, 0.2) is 52.8 Å². The van der Waals surface area contributed by atoms with E-state index in [0.717, 1.165) is 30.3 Å². The molecule has 0 bridgehead atoms. The number of guanidine groups is 1.